The SMILES string of the molecule is CCCCCCCOc1ccc(-c2ncc(-c3ccc(CC(NC(=O)c4ccc(C(C)(C)C)cc4)C(=O)O)cc3)cn2)cc1. The van der Waals surface area contributed by atoms with E-state index in [2.05, 4.69) is 43.0 Å². The van der Waals surface area contributed by atoms with E-state index in [9.17, 15) is 14.7 Å². The van der Waals surface area contributed by atoms with E-state index in [-0.39, 0.29) is 11.8 Å². The number of amides is 1. The topological polar surface area (TPSA) is 101 Å². The van der Waals surface area contributed by atoms with Crippen LogP contribution in [0.1, 0.15) is 81.3 Å². The van der Waals surface area contributed by atoms with E-state index < -0.39 is 17.9 Å². The zero-order chi connectivity index (χ0) is 31.5. The molecule has 0 radical (unpaired) electrons. The van der Waals surface area contributed by atoms with Crippen LogP contribution < -0.4 is 10.1 Å². The normalized spacial score (nSPS) is 12.0. The lowest BCUT2D eigenvalue weighted by Gasteiger charge is -2.19. The number of nitrogens with zero attached hydrogens (tertiary/aromatic N) is 2. The van der Waals surface area contributed by atoms with Gasteiger partial charge < -0.3 is 15.2 Å². The van der Waals surface area contributed by atoms with Crippen molar-refractivity contribution >= 4 is 11.9 Å². The fraction of sp³-hybridized carbons (Fsp3) is 0.351. The maximum Gasteiger partial charge on any atom is 0.326 e. The third kappa shape index (κ3) is 9.24. The second-order valence-corrected chi connectivity index (χ2v) is 12.2. The molecule has 0 saturated carbocycles. The minimum Gasteiger partial charge on any atom is -0.494 e. The second kappa shape index (κ2) is 15.3. The van der Waals surface area contributed by atoms with Crippen molar-refractivity contribution in [3.8, 4) is 28.3 Å². The van der Waals surface area contributed by atoms with Crippen molar-refractivity contribution in [3.63, 3.8) is 0 Å². The average molecular weight is 594 g/mol. The Bertz CT molecular complexity index is 1490. The molecule has 0 fully saturated rings. The highest BCUT2D eigenvalue weighted by Gasteiger charge is 2.22. The molecule has 44 heavy (non-hydrogen) atoms. The highest BCUT2D eigenvalue weighted by molar-refractivity contribution is 5.96. The van der Waals surface area contributed by atoms with E-state index in [1.165, 1.54) is 25.7 Å². The summed E-state index contributed by atoms with van der Waals surface area (Å²) in [6.45, 7) is 9.24. The predicted octanol–water partition coefficient (Wildman–Crippen LogP) is 7.88. The van der Waals surface area contributed by atoms with E-state index in [4.69, 9.17) is 4.74 Å². The summed E-state index contributed by atoms with van der Waals surface area (Å²) in [4.78, 5) is 33.9. The molecule has 0 bridgehead atoms. The zero-order valence-corrected chi connectivity index (χ0v) is 26.2. The molecule has 0 spiro atoms. The Kier molecular flexibility index (Phi) is 11.2. The van der Waals surface area contributed by atoms with E-state index in [0.29, 0.717) is 11.4 Å². The van der Waals surface area contributed by atoms with Gasteiger partial charge in [-0.15, -0.1) is 0 Å². The van der Waals surface area contributed by atoms with Gasteiger partial charge in [0, 0.05) is 35.5 Å². The fourth-order valence-corrected chi connectivity index (χ4v) is 4.85. The van der Waals surface area contributed by atoms with Crippen molar-refractivity contribution in [1.82, 2.24) is 15.3 Å². The largest absolute Gasteiger partial charge is 0.494 e. The van der Waals surface area contributed by atoms with Gasteiger partial charge in [-0.25, -0.2) is 14.8 Å². The highest BCUT2D eigenvalue weighted by atomic mass is 16.5. The van der Waals surface area contributed by atoms with Crippen molar-refractivity contribution in [2.24, 2.45) is 0 Å². The fourth-order valence-electron chi connectivity index (χ4n) is 4.85. The van der Waals surface area contributed by atoms with Crippen LogP contribution in [0, 0.1) is 0 Å². The van der Waals surface area contributed by atoms with Gasteiger partial charge in [0.25, 0.3) is 5.91 Å². The summed E-state index contributed by atoms with van der Waals surface area (Å²) in [5.41, 5.74) is 4.97. The molecule has 3 aromatic carbocycles. The van der Waals surface area contributed by atoms with Crippen molar-refractivity contribution in [2.75, 3.05) is 6.61 Å². The number of carboxylic acid groups (broad SMARTS) is 1. The number of aromatic nitrogens is 2. The van der Waals surface area contributed by atoms with Crippen molar-refractivity contribution in [3.05, 3.63) is 102 Å². The molecular formula is C37H43N3O4. The van der Waals surface area contributed by atoms with Crippen LogP contribution in [0.25, 0.3) is 22.5 Å². The van der Waals surface area contributed by atoms with Crippen LogP contribution >= 0.6 is 0 Å². The molecule has 1 atom stereocenters. The maximum absolute atomic E-state index is 12.8. The molecule has 7 heteroatoms. The Labute approximate surface area is 260 Å². The molecule has 1 heterocycles. The van der Waals surface area contributed by atoms with Gasteiger partial charge in [0.2, 0.25) is 0 Å². The zero-order valence-electron chi connectivity index (χ0n) is 26.2. The average Bonchev–Trinajstić information content (AvgIpc) is 3.03. The van der Waals surface area contributed by atoms with Crippen LogP contribution in [0.2, 0.25) is 0 Å². The predicted molar refractivity (Wildman–Crippen MR) is 175 cm³/mol. The Balaban J connectivity index is 1.32. The molecular weight excluding hydrogens is 550 g/mol. The van der Waals surface area contributed by atoms with E-state index in [0.717, 1.165) is 46.6 Å². The van der Waals surface area contributed by atoms with Crippen molar-refractivity contribution < 1.29 is 19.4 Å². The number of rotatable bonds is 14. The number of nitrogens with one attached hydrogen (secondary N) is 1. The van der Waals surface area contributed by atoms with Gasteiger partial charge in [0.05, 0.1) is 6.61 Å². The van der Waals surface area contributed by atoms with Crippen LogP contribution in [0.3, 0.4) is 0 Å². The first-order valence-corrected chi connectivity index (χ1v) is 15.4. The smallest absolute Gasteiger partial charge is 0.326 e. The molecule has 0 saturated heterocycles. The minimum absolute atomic E-state index is 0.0341. The molecule has 2 N–H and O–H groups in total. The lowest BCUT2D eigenvalue weighted by Crippen LogP contribution is -2.42. The molecule has 0 aliphatic rings. The summed E-state index contributed by atoms with van der Waals surface area (Å²) in [6, 6.07) is 21.6. The molecule has 0 aliphatic carbocycles. The Hall–Kier alpha value is -4.52. The van der Waals surface area contributed by atoms with Crippen LogP contribution in [-0.4, -0.2) is 39.6 Å². The van der Waals surface area contributed by atoms with Gasteiger partial charge in [-0.3, -0.25) is 4.79 Å². The monoisotopic (exact) mass is 593 g/mol. The molecule has 0 aliphatic heterocycles. The van der Waals surface area contributed by atoms with Gasteiger partial charge in [-0.05, 0) is 64.9 Å². The van der Waals surface area contributed by atoms with Gasteiger partial charge in [0.1, 0.15) is 11.8 Å². The van der Waals surface area contributed by atoms with E-state index in [1.807, 2.05) is 60.7 Å². The number of benzene rings is 3. The Morgan fingerprint density at radius 2 is 1.41 bits per heavy atom. The number of hydrogen-bond donors (Lipinski definition) is 2. The van der Waals surface area contributed by atoms with Gasteiger partial charge in [-0.1, -0.05) is 89.8 Å². The van der Waals surface area contributed by atoms with Crippen LogP contribution in [0.4, 0.5) is 0 Å². The molecule has 4 rings (SSSR count). The highest BCUT2D eigenvalue weighted by Crippen LogP contribution is 2.24. The number of ether oxygens (including phenoxy) is 1. The molecule has 7 nitrogen and oxygen atoms in total. The van der Waals surface area contributed by atoms with Crippen molar-refractivity contribution in [1.29, 1.82) is 0 Å². The number of aliphatic carboxylic acids is 1. The number of carboxylic acids is 1. The first-order chi connectivity index (χ1) is 21.1. The summed E-state index contributed by atoms with van der Waals surface area (Å²) < 4.78 is 5.86. The summed E-state index contributed by atoms with van der Waals surface area (Å²) in [5.74, 6) is -0.0172. The van der Waals surface area contributed by atoms with Gasteiger partial charge in [-0.2, -0.15) is 0 Å². The lowest BCUT2D eigenvalue weighted by atomic mass is 9.86. The van der Waals surface area contributed by atoms with E-state index >= 15 is 0 Å². The lowest BCUT2D eigenvalue weighted by molar-refractivity contribution is -0.139. The minimum atomic E-state index is -1.08. The van der Waals surface area contributed by atoms with Crippen molar-refractivity contribution in [2.45, 2.75) is 77.7 Å². The summed E-state index contributed by atoms with van der Waals surface area (Å²) in [6.07, 6.45) is 9.77. The number of carbonyl (C=O) groups is 2. The summed E-state index contributed by atoms with van der Waals surface area (Å²) in [7, 11) is 0. The van der Waals surface area contributed by atoms with Gasteiger partial charge in [0.15, 0.2) is 5.82 Å². The van der Waals surface area contributed by atoms with E-state index in [1.54, 1.807) is 24.5 Å². The Morgan fingerprint density at radius 1 is 0.795 bits per heavy atom. The molecule has 1 unspecified atom stereocenters. The standard InChI is InChI=1S/C37H43N3O4/c1-5-6-7-8-9-22-44-32-20-16-28(17-21-32)34-38-24-30(25-39-34)27-12-10-26(11-13-27)23-33(36(42)43)40-35(41)29-14-18-31(19-15-29)37(2,3)4/h10-21,24-25,33H,5-9,22-23H2,1-4H3,(H,40,41)(H,42,43). The van der Waals surface area contributed by atoms with Gasteiger partial charge >= 0.3 is 5.97 Å². The van der Waals surface area contributed by atoms with Crippen LogP contribution in [0.5, 0.6) is 5.75 Å². The third-order valence-corrected chi connectivity index (χ3v) is 7.62. The Morgan fingerprint density at radius 3 is 2.00 bits per heavy atom. The molecule has 4 aromatic rings. The number of carbonyl (C=O) groups excluding carboxylic acids is 1. The maximum atomic E-state index is 12.8. The molecule has 1 amide bonds. The quantitative estimate of drug-likeness (QED) is 0.144. The number of unbranched alkanes of at least 4 members (excludes halogenated alkanes) is 4. The first-order valence-electron chi connectivity index (χ1n) is 15.4. The summed E-state index contributed by atoms with van der Waals surface area (Å²) >= 11 is 0. The summed E-state index contributed by atoms with van der Waals surface area (Å²) in [5, 5.41) is 12.4. The molecule has 1 aromatic heterocycles. The molecule has 230 valence electrons. The third-order valence-electron chi connectivity index (χ3n) is 7.62. The first kappa shape index (κ1) is 32.4. The number of hydrogen-bond acceptors (Lipinski definition) is 5. The van der Waals surface area contributed by atoms with Crippen LogP contribution in [0.15, 0.2) is 85.2 Å². The van der Waals surface area contributed by atoms with Crippen LogP contribution in [-0.2, 0) is 16.6 Å². The second-order valence-electron chi connectivity index (χ2n) is 12.2.